The van der Waals surface area contributed by atoms with Gasteiger partial charge in [0.1, 0.15) is 0 Å². The number of rotatable bonds is 2. The number of hydrogen-bond donors (Lipinski definition) is 0. The Bertz CT molecular complexity index is 944. The third kappa shape index (κ3) is 2.97. The number of fused-ring (bicyclic) bond motifs is 1. The van der Waals surface area contributed by atoms with Gasteiger partial charge >= 0.3 is 0 Å². The van der Waals surface area contributed by atoms with Crippen molar-refractivity contribution in [2.24, 2.45) is 0 Å². The van der Waals surface area contributed by atoms with E-state index in [0.29, 0.717) is 0 Å². The lowest BCUT2D eigenvalue weighted by Gasteiger charge is -2.22. The highest BCUT2D eigenvalue weighted by Crippen LogP contribution is 2.50. The second-order valence-corrected chi connectivity index (χ2v) is 9.23. The van der Waals surface area contributed by atoms with E-state index in [1.165, 1.54) is 39.8 Å². The van der Waals surface area contributed by atoms with Gasteiger partial charge in [-0.25, -0.2) is 0 Å². The van der Waals surface area contributed by atoms with Gasteiger partial charge in [-0.2, -0.15) is 0 Å². The van der Waals surface area contributed by atoms with Crippen LogP contribution in [0.3, 0.4) is 0 Å². The van der Waals surface area contributed by atoms with Crippen LogP contribution in [0.4, 0.5) is 0 Å². The van der Waals surface area contributed by atoms with E-state index >= 15 is 0 Å². The van der Waals surface area contributed by atoms with Crippen molar-refractivity contribution in [1.29, 1.82) is 0 Å². The van der Waals surface area contributed by atoms with Crippen LogP contribution in [0.15, 0.2) is 66.7 Å². The highest BCUT2D eigenvalue weighted by Gasteiger charge is 2.41. The summed E-state index contributed by atoms with van der Waals surface area (Å²) in [7, 11) is 0. The van der Waals surface area contributed by atoms with Gasteiger partial charge < -0.3 is 0 Å². The standard InChI is InChI=1S/C25H25Cl/c1-24(2)16-25(3,4)23-15-20(11-14-22(23)24)19-7-5-17(6-8-19)18-9-12-21(26)13-10-18/h5-15H,16H2,1-4H3. The molecule has 1 heteroatoms. The highest BCUT2D eigenvalue weighted by atomic mass is 35.5. The average Bonchev–Trinajstić information content (AvgIpc) is 2.80. The molecule has 0 aliphatic heterocycles. The van der Waals surface area contributed by atoms with Crippen LogP contribution in [0.25, 0.3) is 22.3 Å². The maximum atomic E-state index is 5.99. The maximum absolute atomic E-state index is 5.99. The predicted octanol–water partition coefficient (Wildman–Crippen LogP) is 7.63. The van der Waals surface area contributed by atoms with E-state index in [0.717, 1.165) is 5.02 Å². The maximum Gasteiger partial charge on any atom is 0.0406 e. The average molecular weight is 361 g/mol. The van der Waals surface area contributed by atoms with Gasteiger partial charge in [-0.1, -0.05) is 93.9 Å². The Hall–Kier alpha value is -2.05. The summed E-state index contributed by atoms with van der Waals surface area (Å²) in [4.78, 5) is 0. The zero-order valence-corrected chi connectivity index (χ0v) is 16.7. The molecule has 3 aromatic rings. The van der Waals surface area contributed by atoms with Crippen molar-refractivity contribution >= 4 is 11.6 Å². The molecule has 0 atom stereocenters. The molecule has 0 saturated carbocycles. The smallest absolute Gasteiger partial charge is 0.0406 e. The SMILES string of the molecule is CC1(C)CC(C)(C)c2cc(-c3ccc(-c4ccc(Cl)cc4)cc3)ccc21. The van der Waals surface area contributed by atoms with E-state index in [1.54, 1.807) is 0 Å². The van der Waals surface area contributed by atoms with Crippen molar-refractivity contribution in [2.45, 2.75) is 44.9 Å². The molecule has 4 rings (SSSR count). The minimum absolute atomic E-state index is 0.234. The molecule has 0 amide bonds. The Morgan fingerprint density at radius 3 is 1.58 bits per heavy atom. The summed E-state index contributed by atoms with van der Waals surface area (Å²) in [6, 6.07) is 23.9. The first kappa shape index (κ1) is 17.4. The van der Waals surface area contributed by atoms with Crippen LogP contribution in [0, 0.1) is 0 Å². The second kappa shape index (κ2) is 5.99. The van der Waals surface area contributed by atoms with Gasteiger partial charge in [0, 0.05) is 5.02 Å². The summed E-state index contributed by atoms with van der Waals surface area (Å²) >= 11 is 5.99. The quantitative estimate of drug-likeness (QED) is 0.440. The molecule has 0 unspecified atom stereocenters. The summed E-state index contributed by atoms with van der Waals surface area (Å²) < 4.78 is 0. The normalized spacial score (nSPS) is 17.1. The minimum Gasteiger partial charge on any atom is -0.0843 e. The van der Waals surface area contributed by atoms with Crippen molar-refractivity contribution in [2.75, 3.05) is 0 Å². The van der Waals surface area contributed by atoms with E-state index in [9.17, 15) is 0 Å². The summed E-state index contributed by atoms with van der Waals surface area (Å²) in [5.74, 6) is 0. The Morgan fingerprint density at radius 2 is 1.00 bits per heavy atom. The van der Waals surface area contributed by atoms with Gasteiger partial charge in [-0.05, 0) is 62.8 Å². The molecule has 0 nitrogen and oxygen atoms in total. The summed E-state index contributed by atoms with van der Waals surface area (Å²) in [5.41, 5.74) is 8.48. The lowest BCUT2D eigenvalue weighted by molar-refractivity contribution is 0.403. The summed E-state index contributed by atoms with van der Waals surface area (Å²) in [5, 5.41) is 0.772. The van der Waals surface area contributed by atoms with Gasteiger partial charge in [0.2, 0.25) is 0 Å². The largest absolute Gasteiger partial charge is 0.0843 e. The van der Waals surface area contributed by atoms with Gasteiger partial charge in [0.05, 0.1) is 0 Å². The molecule has 1 aliphatic carbocycles. The molecule has 0 fully saturated rings. The summed E-state index contributed by atoms with van der Waals surface area (Å²) in [6.45, 7) is 9.46. The van der Waals surface area contributed by atoms with Crippen molar-refractivity contribution in [3.63, 3.8) is 0 Å². The second-order valence-electron chi connectivity index (χ2n) is 8.79. The van der Waals surface area contributed by atoms with E-state index in [4.69, 9.17) is 11.6 Å². The van der Waals surface area contributed by atoms with Gasteiger partial charge in [0.25, 0.3) is 0 Å². The Morgan fingerprint density at radius 1 is 0.577 bits per heavy atom. The van der Waals surface area contributed by atoms with Gasteiger partial charge in [-0.15, -0.1) is 0 Å². The Kier molecular flexibility index (Phi) is 4.00. The van der Waals surface area contributed by atoms with Crippen molar-refractivity contribution < 1.29 is 0 Å². The fourth-order valence-corrected chi connectivity index (χ4v) is 4.79. The minimum atomic E-state index is 0.234. The topological polar surface area (TPSA) is 0 Å². The molecule has 3 aromatic carbocycles. The van der Waals surface area contributed by atoms with Crippen LogP contribution in [0.2, 0.25) is 5.02 Å². The fourth-order valence-electron chi connectivity index (χ4n) is 4.67. The number of halogens is 1. The van der Waals surface area contributed by atoms with E-state index in [-0.39, 0.29) is 10.8 Å². The van der Waals surface area contributed by atoms with Gasteiger partial charge in [0.15, 0.2) is 0 Å². The summed E-state index contributed by atoms with van der Waals surface area (Å²) in [6.07, 6.45) is 1.20. The molecular weight excluding hydrogens is 336 g/mol. The monoisotopic (exact) mass is 360 g/mol. The molecule has 0 saturated heterocycles. The van der Waals surface area contributed by atoms with Crippen LogP contribution < -0.4 is 0 Å². The Balaban J connectivity index is 1.70. The molecule has 0 aromatic heterocycles. The zero-order chi connectivity index (χ0) is 18.5. The molecule has 1 aliphatic rings. The molecule has 0 N–H and O–H groups in total. The predicted molar refractivity (Wildman–Crippen MR) is 113 cm³/mol. The van der Waals surface area contributed by atoms with Crippen molar-refractivity contribution in [3.05, 3.63) is 82.9 Å². The third-order valence-electron chi connectivity index (χ3n) is 5.76. The third-order valence-corrected chi connectivity index (χ3v) is 6.01. The van der Waals surface area contributed by atoms with E-state index in [2.05, 4.69) is 82.3 Å². The van der Waals surface area contributed by atoms with E-state index in [1.807, 2.05) is 12.1 Å². The van der Waals surface area contributed by atoms with Crippen molar-refractivity contribution in [3.8, 4) is 22.3 Å². The van der Waals surface area contributed by atoms with Gasteiger partial charge in [-0.3, -0.25) is 0 Å². The molecule has 0 spiro atoms. The van der Waals surface area contributed by atoms with Crippen LogP contribution in [-0.2, 0) is 10.8 Å². The first-order valence-electron chi connectivity index (χ1n) is 9.28. The lowest BCUT2D eigenvalue weighted by atomic mass is 9.82. The fraction of sp³-hybridized carbons (Fsp3) is 0.280. The molecule has 0 bridgehead atoms. The van der Waals surface area contributed by atoms with E-state index < -0.39 is 0 Å². The van der Waals surface area contributed by atoms with Crippen LogP contribution >= 0.6 is 11.6 Å². The first-order valence-corrected chi connectivity index (χ1v) is 9.65. The molecule has 26 heavy (non-hydrogen) atoms. The molecule has 132 valence electrons. The molecule has 0 radical (unpaired) electrons. The number of benzene rings is 3. The zero-order valence-electron chi connectivity index (χ0n) is 15.9. The Labute approximate surface area is 161 Å². The van der Waals surface area contributed by atoms with Crippen LogP contribution in [-0.4, -0.2) is 0 Å². The van der Waals surface area contributed by atoms with Crippen LogP contribution in [0.5, 0.6) is 0 Å². The molecular formula is C25H25Cl. The highest BCUT2D eigenvalue weighted by molar-refractivity contribution is 6.30. The van der Waals surface area contributed by atoms with Crippen LogP contribution in [0.1, 0.15) is 45.2 Å². The number of hydrogen-bond acceptors (Lipinski definition) is 0. The molecule has 0 heterocycles. The first-order chi connectivity index (χ1) is 12.3. The van der Waals surface area contributed by atoms with Crippen molar-refractivity contribution in [1.82, 2.24) is 0 Å². The lowest BCUT2D eigenvalue weighted by Crippen LogP contribution is -2.17.